The monoisotopic (exact) mass is 302 g/mol. The van der Waals surface area contributed by atoms with Crippen molar-refractivity contribution >= 4 is 15.7 Å². The van der Waals surface area contributed by atoms with Gasteiger partial charge >= 0.3 is 0 Å². The number of rotatable bonds is 8. The first kappa shape index (κ1) is 16.7. The van der Waals surface area contributed by atoms with Crippen LogP contribution in [0.5, 0.6) is 5.75 Å². The molecule has 0 aromatic heterocycles. The van der Waals surface area contributed by atoms with E-state index < -0.39 is 10.0 Å². The molecule has 0 saturated heterocycles. The first-order chi connectivity index (χ1) is 9.35. The molecule has 20 heavy (non-hydrogen) atoms. The van der Waals surface area contributed by atoms with Gasteiger partial charge in [0.25, 0.3) is 0 Å². The summed E-state index contributed by atoms with van der Waals surface area (Å²) in [5.74, 6) is 0.166. The number of ether oxygens (including phenoxy) is 1. The Morgan fingerprint density at radius 1 is 1.35 bits per heavy atom. The minimum absolute atomic E-state index is 0.0176. The van der Waals surface area contributed by atoms with Gasteiger partial charge in [-0.25, -0.2) is 13.1 Å². The van der Waals surface area contributed by atoms with Crippen LogP contribution in [0.4, 0.5) is 5.69 Å². The van der Waals surface area contributed by atoms with Crippen molar-refractivity contribution in [1.29, 1.82) is 0 Å². The van der Waals surface area contributed by atoms with Gasteiger partial charge in [0.1, 0.15) is 12.4 Å². The molecule has 6 nitrogen and oxygen atoms in total. The number of nitrogens with one attached hydrogen (secondary N) is 1. The van der Waals surface area contributed by atoms with E-state index in [0.717, 1.165) is 0 Å². The second-order valence-corrected chi connectivity index (χ2v) is 6.64. The third-order valence-electron chi connectivity index (χ3n) is 3.04. The summed E-state index contributed by atoms with van der Waals surface area (Å²) in [6, 6.07) is 6.59. The van der Waals surface area contributed by atoms with Crippen LogP contribution in [0, 0.1) is 5.92 Å². The summed E-state index contributed by atoms with van der Waals surface area (Å²) in [4.78, 5) is 0. The Morgan fingerprint density at radius 2 is 2.00 bits per heavy atom. The van der Waals surface area contributed by atoms with Crippen LogP contribution in [0.3, 0.4) is 0 Å². The van der Waals surface area contributed by atoms with E-state index in [-0.39, 0.29) is 30.9 Å². The predicted octanol–water partition coefficient (Wildman–Crippen LogP) is 0.584. The normalized spacial score (nSPS) is 14.8. The number of hydrogen-bond donors (Lipinski definition) is 3. The standard InChI is InChI=1S/C13H22N2O4S/c1-10(9-16)11(2)15-20(17,18)8-7-19-13-6-4-3-5-12(13)14/h3-6,10-11,15-16H,7-9,14H2,1-2H3. The highest BCUT2D eigenvalue weighted by Gasteiger charge is 2.18. The molecule has 0 radical (unpaired) electrons. The first-order valence-corrected chi connectivity index (χ1v) is 8.09. The maximum absolute atomic E-state index is 11.8. The van der Waals surface area contributed by atoms with Gasteiger partial charge in [0.2, 0.25) is 10.0 Å². The lowest BCUT2D eigenvalue weighted by molar-refractivity contribution is 0.216. The number of para-hydroxylation sites is 2. The van der Waals surface area contributed by atoms with Crippen LogP contribution >= 0.6 is 0 Å². The fourth-order valence-corrected chi connectivity index (χ4v) is 2.71. The highest BCUT2D eigenvalue weighted by atomic mass is 32.2. The predicted molar refractivity (Wildman–Crippen MR) is 79.0 cm³/mol. The Kier molecular flexibility index (Phi) is 6.25. The van der Waals surface area contributed by atoms with Crippen LogP contribution in [-0.2, 0) is 10.0 Å². The third kappa shape index (κ3) is 5.36. The molecule has 0 bridgehead atoms. The lowest BCUT2D eigenvalue weighted by atomic mass is 10.1. The van der Waals surface area contributed by atoms with Gasteiger partial charge in [-0.05, 0) is 25.0 Å². The maximum atomic E-state index is 11.8. The first-order valence-electron chi connectivity index (χ1n) is 6.44. The van der Waals surface area contributed by atoms with Crippen molar-refractivity contribution in [2.24, 2.45) is 5.92 Å². The van der Waals surface area contributed by atoms with Crippen molar-refractivity contribution < 1.29 is 18.3 Å². The molecule has 114 valence electrons. The zero-order valence-electron chi connectivity index (χ0n) is 11.7. The summed E-state index contributed by atoms with van der Waals surface area (Å²) in [5, 5.41) is 8.98. The van der Waals surface area contributed by atoms with Crippen LogP contribution in [0.15, 0.2) is 24.3 Å². The van der Waals surface area contributed by atoms with Crippen LogP contribution < -0.4 is 15.2 Å². The molecular weight excluding hydrogens is 280 g/mol. The second-order valence-electron chi connectivity index (χ2n) is 4.77. The number of anilines is 1. The molecule has 2 unspecified atom stereocenters. The largest absolute Gasteiger partial charge is 0.490 e. The number of sulfonamides is 1. The summed E-state index contributed by atoms with van der Waals surface area (Å²) in [6.07, 6.45) is 0. The van der Waals surface area contributed by atoms with Crippen molar-refractivity contribution in [1.82, 2.24) is 4.72 Å². The van der Waals surface area contributed by atoms with E-state index in [1.807, 2.05) is 0 Å². The Morgan fingerprint density at radius 3 is 2.60 bits per heavy atom. The molecule has 0 aliphatic carbocycles. The number of aliphatic hydroxyl groups excluding tert-OH is 1. The summed E-state index contributed by atoms with van der Waals surface area (Å²) in [6.45, 7) is 3.44. The Labute approximate surface area is 120 Å². The highest BCUT2D eigenvalue weighted by Crippen LogP contribution is 2.19. The molecule has 4 N–H and O–H groups in total. The Balaban J connectivity index is 2.46. The number of benzene rings is 1. The molecule has 1 aromatic carbocycles. The van der Waals surface area contributed by atoms with Crippen molar-refractivity contribution in [2.75, 3.05) is 24.7 Å². The quantitative estimate of drug-likeness (QED) is 0.610. The van der Waals surface area contributed by atoms with Gasteiger partial charge in [-0.1, -0.05) is 19.1 Å². The van der Waals surface area contributed by atoms with Crippen LogP contribution in [0.25, 0.3) is 0 Å². The van der Waals surface area contributed by atoms with E-state index >= 15 is 0 Å². The Hall–Kier alpha value is -1.31. The van der Waals surface area contributed by atoms with E-state index in [4.69, 9.17) is 15.6 Å². The fourth-order valence-electron chi connectivity index (χ4n) is 1.49. The molecule has 2 atom stereocenters. The molecular formula is C13H22N2O4S. The summed E-state index contributed by atoms with van der Waals surface area (Å²) < 4.78 is 31.5. The lowest BCUT2D eigenvalue weighted by Crippen LogP contribution is -2.40. The van der Waals surface area contributed by atoms with Gasteiger partial charge < -0.3 is 15.6 Å². The minimum atomic E-state index is -3.45. The van der Waals surface area contributed by atoms with E-state index in [2.05, 4.69) is 4.72 Å². The van der Waals surface area contributed by atoms with Crippen LogP contribution in [0.1, 0.15) is 13.8 Å². The van der Waals surface area contributed by atoms with Gasteiger partial charge in [-0.3, -0.25) is 0 Å². The van der Waals surface area contributed by atoms with Crippen LogP contribution in [-0.4, -0.2) is 38.5 Å². The molecule has 1 rings (SSSR count). The average molecular weight is 302 g/mol. The molecule has 0 saturated carbocycles. The average Bonchev–Trinajstić information content (AvgIpc) is 2.39. The topological polar surface area (TPSA) is 102 Å². The molecule has 0 aliphatic heterocycles. The summed E-state index contributed by atoms with van der Waals surface area (Å²) in [7, 11) is -3.45. The van der Waals surface area contributed by atoms with E-state index in [0.29, 0.717) is 11.4 Å². The highest BCUT2D eigenvalue weighted by molar-refractivity contribution is 7.89. The van der Waals surface area contributed by atoms with Gasteiger partial charge in [0.15, 0.2) is 0 Å². The number of nitrogen functional groups attached to an aromatic ring is 1. The smallest absolute Gasteiger partial charge is 0.215 e. The van der Waals surface area contributed by atoms with E-state index in [1.165, 1.54) is 0 Å². The van der Waals surface area contributed by atoms with Gasteiger partial charge in [0, 0.05) is 12.6 Å². The number of aliphatic hydroxyl groups is 1. The summed E-state index contributed by atoms with van der Waals surface area (Å²) >= 11 is 0. The minimum Gasteiger partial charge on any atom is -0.490 e. The SMILES string of the molecule is CC(CO)C(C)NS(=O)(=O)CCOc1ccccc1N. The summed E-state index contributed by atoms with van der Waals surface area (Å²) in [5.41, 5.74) is 6.16. The number of hydrogen-bond acceptors (Lipinski definition) is 5. The molecule has 0 aliphatic rings. The van der Waals surface area contributed by atoms with Crippen molar-refractivity contribution in [3.05, 3.63) is 24.3 Å². The Bertz CT molecular complexity index is 519. The molecule has 1 aromatic rings. The zero-order valence-corrected chi connectivity index (χ0v) is 12.6. The van der Waals surface area contributed by atoms with E-state index in [9.17, 15) is 8.42 Å². The molecule has 0 fully saturated rings. The molecule has 0 heterocycles. The zero-order chi connectivity index (χ0) is 15.2. The molecule has 0 spiro atoms. The number of nitrogens with two attached hydrogens (primary N) is 1. The third-order valence-corrected chi connectivity index (χ3v) is 4.47. The van der Waals surface area contributed by atoms with Gasteiger partial charge in [0.05, 0.1) is 11.4 Å². The van der Waals surface area contributed by atoms with Crippen molar-refractivity contribution in [3.63, 3.8) is 0 Å². The molecule has 7 heteroatoms. The molecule has 0 amide bonds. The van der Waals surface area contributed by atoms with Crippen molar-refractivity contribution in [3.8, 4) is 5.75 Å². The maximum Gasteiger partial charge on any atom is 0.215 e. The van der Waals surface area contributed by atoms with Crippen molar-refractivity contribution in [2.45, 2.75) is 19.9 Å². The fraction of sp³-hybridized carbons (Fsp3) is 0.538. The second kappa shape index (κ2) is 7.47. The van der Waals surface area contributed by atoms with Gasteiger partial charge in [-0.15, -0.1) is 0 Å². The van der Waals surface area contributed by atoms with Crippen LogP contribution in [0.2, 0.25) is 0 Å². The lowest BCUT2D eigenvalue weighted by Gasteiger charge is -2.19. The van der Waals surface area contributed by atoms with Gasteiger partial charge in [-0.2, -0.15) is 0 Å². The van der Waals surface area contributed by atoms with E-state index in [1.54, 1.807) is 38.1 Å².